The molecule has 1 aliphatic carbocycles. The smallest absolute Gasteiger partial charge is 0.00773 e. The zero-order valence-corrected chi connectivity index (χ0v) is 15.1. The van der Waals surface area contributed by atoms with Crippen molar-refractivity contribution in [2.75, 3.05) is 6.54 Å². The zero-order chi connectivity index (χ0) is 15.6. The molecule has 0 aromatic carbocycles. The Morgan fingerprint density at radius 1 is 0.810 bits per heavy atom. The van der Waals surface area contributed by atoms with Crippen molar-refractivity contribution in [2.45, 2.75) is 104 Å². The Morgan fingerprint density at radius 2 is 1.38 bits per heavy atom. The number of unbranched alkanes of at least 4 members (excludes halogenated alkanes) is 7. The maximum Gasteiger partial charge on any atom is -0.00773 e. The first kappa shape index (κ1) is 19.0. The highest BCUT2D eigenvalue weighted by Crippen LogP contribution is 2.41. The first-order chi connectivity index (χ1) is 10.0. The van der Waals surface area contributed by atoms with Gasteiger partial charge in [-0.2, -0.15) is 0 Å². The standard InChI is InChI=1S/C20H41N/c1-20(2,3)19-15-12-14-18(17-19)13-10-8-6-4-5-7-9-11-16-21/h18-19H,4-17,21H2,1-3H3. The highest BCUT2D eigenvalue weighted by Gasteiger charge is 2.30. The second-order valence-corrected chi connectivity index (χ2v) is 8.50. The van der Waals surface area contributed by atoms with E-state index in [1.807, 2.05) is 0 Å². The molecule has 2 unspecified atom stereocenters. The predicted molar refractivity (Wildman–Crippen MR) is 95.5 cm³/mol. The van der Waals surface area contributed by atoms with Gasteiger partial charge in [0.2, 0.25) is 0 Å². The van der Waals surface area contributed by atoms with Gasteiger partial charge in [0.05, 0.1) is 0 Å². The minimum absolute atomic E-state index is 0.530. The molecule has 2 atom stereocenters. The van der Waals surface area contributed by atoms with Crippen LogP contribution in [0.25, 0.3) is 0 Å². The summed E-state index contributed by atoms with van der Waals surface area (Å²) in [5, 5.41) is 0. The molecule has 1 nitrogen and oxygen atoms in total. The summed E-state index contributed by atoms with van der Waals surface area (Å²) in [6.07, 6.45) is 18.7. The van der Waals surface area contributed by atoms with Gasteiger partial charge in [0, 0.05) is 0 Å². The predicted octanol–water partition coefficient (Wildman–Crippen LogP) is 6.31. The third-order valence-electron chi connectivity index (χ3n) is 5.57. The van der Waals surface area contributed by atoms with Crippen molar-refractivity contribution >= 4 is 0 Å². The van der Waals surface area contributed by atoms with E-state index in [0.29, 0.717) is 5.41 Å². The van der Waals surface area contributed by atoms with E-state index in [1.54, 1.807) is 0 Å². The highest BCUT2D eigenvalue weighted by molar-refractivity contribution is 4.81. The normalized spacial score (nSPS) is 23.4. The topological polar surface area (TPSA) is 26.0 Å². The summed E-state index contributed by atoms with van der Waals surface area (Å²) in [5.41, 5.74) is 6.05. The summed E-state index contributed by atoms with van der Waals surface area (Å²) < 4.78 is 0. The first-order valence-electron chi connectivity index (χ1n) is 9.74. The van der Waals surface area contributed by atoms with Crippen molar-refractivity contribution in [3.8, 4) is 0 Å². The maximum absolute atomic E-state index is 5.52. The van der Waals surface area contributed by atoms with E-state index in [0.717, 1.165) is 18.4 Å². The van der Waals surface area contributed by atoms with Gasteiger partial charge >= 0.3 is 0 Å². The van der Waals surface area contributed by atoms with Crippen molar-refractivity contribution < 1.29 is 0 Å². The first-order valence-corrected chi connectivity index (χ1v) is 9.74. The summed E-state index contributed by atoms with van der Waals surface area (Å²) in [6.45, 7) is 8.18. The molecule has 0 spiro atoms. The Kier molecular flexibility index (Phi) is 9.64. The average Bonchev–Trinajstić information content (AvgIpc) is 2.45. The molecule has 0 aromatic heterocycles. The average molecular weight is 296 g/mol. The van der Waals surface area contributed by atoms with Crippen molar-refractivity contribution in [3.05, 3.63) is 0 Å². The lowest BCUT2D eigenvalue weighted by Gasteiger charge is -2.37. The third kappa shape index (κ3) is 8.86. The van der Waals surface area contributed by atoms with Gasteiger partial charge in [0.15, 0.2) is 0 Å². The number of rotatable bonds is 10. The number of hydrogen-bond acceptors (Lipinski definition) is 1. The Hall–Kier alpha value is -0.0400. The van der Waals surface area contributed by atoms with Crippen LogP contribution >= 0.6 is 0 Å². The van der Waals surface area contributed by atoms with Crippen molar-refractivity contribution in [1.29, 1.82) is 0 Å². The lowest BCUT2D eigenvalue weighted by atomic mass is 9.68. The molecule has 1 saturated carbocycles. The van der Waals surface area contributed by atoms with Crippen LogP contribution in [0.15, 0.2) is 0 Å². The molecule has 0 saturated heterocycles. The van der Waals surface area contributed by atoms with Gasteiger partial charge in [0.25, 0.3) is 0 Å². The fraction of sp³-hybridized carbons (Fsp3) is 1.00. The summed E-state index contributed by atoms with van der Waals surface area (Å²) >= 11 is 0. The van der Waals surface area contributed by atoms with Gasteiger partial charge in [-0.05, 0) is 43.1 Å². The maximum atomic E-state index is 5.52. The molecule has 1 heteroatoms. The quantitative estimate of drug-likeness (QED) is 0.470. The van der Waals surface area contributed by atoms with E-state index in [4.69, 9.17) is 5.73 Å². The van der Waals surface area contributed by atoms with Gasteiger partial charge in [-0.3, -0.25) is 0 Å². The molecule has 0 aromatic rings. The molecule has 0 radical (unpaired) electrons. The van der Waals surface area contributed by atoms with Crippen LogP contribution in [0.1, 0.15) is 104 Å². The van der Waals surface area contributed by atoms with Crippen LogP contribution in [0.2, 0.25) is 0 Å². The lowest BCUT2D eigenvalue weighted by molar-refractivity contribution is 0.136. The monoisotopic (exact) mass is 295 g/mol. The highest BCUT2D eigenvalue weighted by atomic mass is 14.5. The van der Waals surface area contributed by atoms with Crippen LogP contribution in [0, 0.1) is 17.3 Å². The van der Waals surface area contributed by atoms with Crippen LogP contribution in [-0.2, 0) is 0 Å². The fourth-order valence-corrected chi connectivity index (χ4v) is 3.98. The molecule has 1 fully saturated rings. The molecule has 21 heavy (non-hydrogen) atoms. The molecule has 0 amide bonds. The molecule has 126 valence electrons. The van der Waals surface area contributed by atoms with Gasteiger partial charge in [-0.15, -0.1) is 0 Å². The van der Waals surface area contributed by atoms with Crippen molar-refractivity contribution in [1.82, 2.24) is 0 Å². The van der Waals surface area contributed by atoms with Crippen molar-refractivity contribution in [2.24, 2.45) is 23.0 Å². The van der Waals surface area contributed by atoms with Crippen LogP contribution < -0.4 is 5.73 Å². The minimum atomic E-state index is 0.530. The Bertz CT molecular complexity index is 241. The summed E-state index contributed by atoms with van der Waals surface area (Å²) in [6, 6.07) is 0. The zero-order valence-electron chi connectivity index (χ0n) is 15.1. The third-order valence-corrected chi connectivity index (χ3v) is 5.57. The van der Waals surface area contributed by atoms with Crippen LogP contribution in [-0.4, -0.2) is 6.54 Å². The molecule has 1 aliphatic rings. The van der Waals surface area contributed by atoms with Crippen LogP contribution in [0.5, 0.6) is 0 Å². The van der Waals surface area contributed by atoms with Crippen LogP contribution in [0.4, 0.5) is 0 Å². The van der Waals surface area contributed by atoms with E-state index in [2.05, 4.69) is 20.8 Å². The number of hydrogen-bond donors (Lipinski definition) is 1. The molecule has 0 bridgehead atoms. The van der Waals surface area contributed by atoms with E-state index >= 15 is 0 Å². The second kappa shape index (κ2) is 10.6. The summed E-state index contributed by atoms with van der Waals surface area (Å²) in [7, 11) is 0. The molecule has 0 heterocycles. The van der Waals surface area contributed by atoms with Gasteiger partial charge in [-0.25, -0.2) is 0 Å². The van der Waals surface area contributed by atoms with E-state index in [-0.39, 0.29) is 0 Å². The minimum Gasteiger partial charge on any atom is -0.330 e. The second-order valence-electron chi connectivity index (χ2n) is 8.50. The van der Waals surface area contributed by atoms with Gasteiger partial charge in [0.1, 0.15) is 0 Å². The molecular weight excluding hydrogens is 254 g/mol. The SMILES string of the molecule is CC(C)(C)C1CCCC(CCCCCCCCCCN)C1. The summed E-state index contributed by atoms with van der Waals surface area (Å²) in [5.74, 6) is 2.01. The molecule has 0 aliphatic heterocycles. The Morgan fingerprint density at radius 3 is 1.95 bits per heavy atom. The summed E-state index contributed by atoms with van der Waals surface area (Å²) in [4.78, 5) is 0. The molecule has 1 rings (SSSR count). The van der Waals surface area contributed by atoms with Gasteiger partial charge < -0.3 is 5.73 Å². The van der Waals surface area contributed by atoms with E-state index in [9.17, 15) is 0 Å². The number of nitrogens with two attached hydrogens (primary N) is 1. The largest absolute Gasteiger partial charge is 0.330 e. The Labute approximate surface area is 134 Å². The van der Waals surface area contributed by atoms with E-state index < -0.39 is 0 Å². The van der Waals surface area contributed by atoms with Crippen molar-refractivity contribution in [3.63, 3.8) is 0 Å². The fourth-order valence-electron chi connectivity index (χ4n) is 3.98. The van der Waals surface area contributed by atoms with E-state index in [1.165, 1.54) is 83.5 Å². The van der Waals surface area contributed by atoms with Crippen LogP contribution in [0.3, 0.4) is 0 Å². The molecule has 2 N–H and O–H groups in total. The molecular formula is C20H41N. The Balaban J connectivity index is 1.97. The lowest BCUT2D eigenvalue weighted by Crippen LogP contribution is -2.26. The van der Waals surface area contributed by atoms with Gasteiger partial charge in [-0.1, -0.05) is 85.0 Å².